The molecule has 0 aromatic carbocycles. The highest BCUT2D eigenvalue weighted by molar-refractivity contribution is 4.72. The van der Waals surface area contributed by atoms with E-state index in [2.05, 4.69) is 53.9 Å². The lowest BCUT2D eigenvalue weighted by Crippen LogP contribution is -2.37. The molecule has 74 valence electrons. The van der Waals surface area contributed by atoms with Crippen molar-refractivity contribution in [3.8, 4) is 0 Å². The van der Waals surface area contributed by atoms with Gasteiger partial charge in [0, 0.05) is 12.1 Å². The van der Waals surface area contributed by atoms with Gasteiger partial charge in [0.1, 0.15) is 18.9 Å². The summed E-state index contributed by atoms with van der Waals surface area (Å²) in [6.45, 7) is 8.59. The third kappa shape index (κ3) is 4.08. The molecule has 3 heteroatoms. The van der Waals surface area contributed by atoms with Gasteiger partial charge in [0.25, 0.3) is 0 Å². The Labute approximate surface area is 80.4 Å². The smallest absolute Gasteiger partial charge is 0.243 e. The number of hydrogen-bond acceptors (Lipinski definition) is 1. The molecule has 0 amide bonds. The zero-order chi connectivity index (χ0) is 9.90. The molecule has 0 radical (unpaired) electrons. The van der Waals surface area contributed by atoms with Crippen molar-refractivity contribution in [3.63, 3.8) is 0 Å². The first-order chi connectivity index (χ1) is 5.97. The lowest BCUT2D eigenvalue weighted by atomic mass is 10.1. The molecule has 0 spiro atoms. The Hall–Kier alpha value is -0.830. The zero-order valence-corrected chi connectivity index (χ0v) is 9.04. The Bertz CT molecular complexity index is 257. The van der Waals surface area contributed by atoms with Gasteiger partial charge in [0.05, 0.1) is 7.05 Å². The summed E-state index contributed by atoms with van der Waals surface area (Å²) in [5, 5.41) is 3.45. The molecular weight excluding hydrogens is 162 g/mol. The maximum Gasteiger partial charge on any atom is 0.243 e. The maximum absolute atomic E-state index is 3.45. The van der Waals surface area contributed by atoms with E-state index in [0.717, 1.165) is 13.1 Å². The predicted molar refractivity (Wildman–Crippen MR) is 53.4 cm³/mol. The Balaban J connectivity index is 2.28. The van der Waals surface area contributed by atoms with E-state index in [0.29, 0.717) is 0 Å². The Morgan fingerprint density at radius 2 is 2.08 bits per heavy atom. The van der Waals surface area contributed by atoms with Gasteiger partial charge in [-0.3, -0.25) is 0 Å². The number of hydrogen-bond donors (Lipinski definition) is 1. The van der Waals surface area contributed by atoms with E-state index in [-0.39, 0.29) is 5.54 Å². The highest BCUT2D eigenvalue weighted by atomic mass is 15.1. The minimum atomic E-state index is 0.218. The molecule has 0 aliphatic heterocycles. The minimum Gasteiger partial charge on any atom is -0.308 e. The fourth-order valence-electron chi connectivity index (χ4n) is 1.19. The molecule has 1 aromatic heterocycles. The van der Waals surface area contributed by atoms with Gasteiger partial charge in [0.2, 0.25) is 6.33 Å². The molecule has 3 nitrogen and oxygen atoms in total. The normalized spacial score (nSPS) is 12.0. The van der Waals surface area contributed by atoms with Gasteiger partial charge in [-0.05, 0) is 20.8 Å². The molecule has 0 aliphatic rings. The zero-order valence-electron chi connectivity index (χ0n) is 9.04. The summed E-state index contributed by atoms with van der Waals surface area (Å²) in [6, 6.07) is 0. The first-order valence-corrected chi connectivity index (χ1v) is 4.73. The SMILES string of the molecule is C[n+]1ccn(CCNC(C)(C)C)c1. The highest BCUT2D eigenvalue weighted by Crippen LogP contribution is 1.97. The van der Waals surface area contributed by atoms with Crippen LogP contribution in [0.3, 0.4) is 0 Å². The minimum absolute atomic E-state index is 0.218. The van der Waals surface area contributed by atoms with Crippen LogP contribution in [-0.2, 0) is 13.6 Å². The molecule has 1 aromatic rings. The van der Waals surface area contributed by atoms with Gasteiger partial charge in [-0.25, -0.2) is 9.13 Å². The second-order valence-corrected chi connectivity index (χ2v) is 4.49. The summed E-state index contributed by atoms with van der Waals surface area (Å²) >= 11 is 0. The van der Waals surface area contributed by atoms with E-state index in [1.54, 1.807) is 0 Å². The van der Waals surface area contributed by atoms with Crippen LogP contribution in [0.5, 0.6) is 0 Å². The third-order valence-electron chi connectivity index (χ3n) is 1.85. The number of nitrogens with one attached hydrogen (secondary N) is 1. The van der Waals surface area contributed by atoms with Crippen molar-refractivity contribution in [1.29, 1.82) is 0 Å². The molecular formula is C10H20N3+. The second-order valence-electron chi connectivity index (χ2n) is 4.49. The van der Waals surface area contributed by atoms with Gasteiger partial charge < -0.3 is 5.32 Å². The van der Waals surface area contributed by atoms with Crippen molar-refractivity contribution in [3.05, 3.63) is 18.7 Å². The van der Waals surface area contributed by atoms with Crippen LogP contribution in [0.4, 0.5) is 0 Å². The summed E-state index contributed by atoms with van der Waals surface area (Å²) in [5.41, 5.74) is 0.218. The van der Waals surface area contributed by atoms with Crippen LogP contribution in [0.25, 0.3) is 0 Å². The predicted octanol–water partition coefficient (Wildman–Crippen LogP) is 0.701. The van der Waals surface area contributed by atoms with Crippen molar-refractivity contribution >= 4 is 0 Å². The first-order valence-electron chi connectivity index (χ1n) is 4.73. The molecule has 0 fully saturated rings. The van der Waals surface area contributed by atoms with Crippen LogP contribution in [0.1, 0.15) is 20.8 Å². The van der Waals surface area contributed by atoms with E-state index in [9.17, 15) is 0 Å². The summed E-state index contributed by atoms with van der Waals surface area (Å²) < 4.78 is 4.23. The van der Waals surface area contributed by atoms with Crippen molar-refractivity contribution in [2.45, 2.75) is 32.9 Å². The van der Waals surface area contributed by atoms with Crippen molar-refractivity contribution in [2.75, 3.05) is 6.54 Å². The lowest BCUT2D eigenvalue weighted by Gasteiger charge is -2.19. The number of imidazole rings is 1. The molecule has 1 N–H and O–H groups in total. The molecule has 0 aliphatic carbocycles. The fraction of sp³-hybridized carbons (Fsp3) is 0.700. The second kappa shape index (κ2) is 3.92. The topological polar surface area (TPSA) is 20.8 Å². The Morgan fingerprint density at radius 1 is 1.38 bits per heavy atom. The van der Waals surface area contributed by atoms with Gasteiger partial charge in [0.15, 0.2) is 0 Å². The van der Waals surface area contributed by atoms with E-state index in [1.165, 1.54) is 0 Å². The van der Waals surface area contributed by atoms with Crippen LogP contribution in [0, 0.1) is 0 Å². The first kappa shape index (κ1) is 10.3. The van der Waals surface area contributed by atoms with Crippen molar-refractivity contribution < 1.29 is 4.57 Å². The summed E-state index contributed by atoms with van der Waals surface area (Å²) in [5.74, 6) is 0. The summed E-state index contributed by atoms with van der Waals surface area (Å²) in [4.78, 5) is 0. The molecule has 13 heavy (non-hydrogen) atoms. The van der Waals surface area contributed by atoms with Gasteiger partial charge in [-0.1, -0.05) is 0 Å². The number of rotatable bonds is 3. The lowest BCUT2D eigenvalue weighted by molar-refractivity contribution is -0.671. The monoisotopic (exact) mass is 182 g/mol. The van der Waals surface area contributed by atoms with Gasteiger partial charge in [-0.15, -0.1) is 0 Å². The van der Waals surface area contributed by atoms with Crippen LogP contribution < -0.4 is 9.88 Å². The molecule has 0 bridgehead atoms. The van der Waals surface area contributed by atoms with Crippen molar-refractivity contribution in [1.82, 2.24) is 9.88 Å². The van der Waals surface area contributed by atoms with Gasteiger partial charge >= 0.3 is 0 Å². The molecule has 1 rings (SSSR count). The number of aryl methyl sites for hydroxylation is 1. The summed E-state index contributed by atoms with van der Waals surface area (Å²) in [7, 11) is 2.04. The van der Waals surface area contributed by atoms with Crippen LogP contribution in [-0.4, -0.2) is 16.7 Å². The molecule has 0 saturated carbocycles. The quantitative estimate of drug-likeness (QED) is 0.683. The molecule has 1 heterocycles. The van der Waals surface area contributed by atoms with Crippen LogP contribution >= 0.6 is 0 Å². The maximum atomic E-state index is 3.45. The van der Waals surface area contributed by atoms with Crippen LogP contribution in [0.15, 0.2) is 18.7 Å². The van der Waals surface area contributed by atoms with E-state index < -0.39 is 0 Å². The molecule has 0 atom stereocenters. The van der Waals surface area contributed by atoms with E-state index in [1.807, 2.05) is 7.05 Å². The standard InChI is InChI=1S/C10H20N3/c1-10(2,3)11-5-6-13-8-7-12(4)9-13/h7-9,11H,5-6H2,1-4H3/q+1. The van der Waals surface area contributed by atoms with E-state index in [4.69, 9.17) is 0 Å². The number of nitrogens with zero attached hydrogens (tertiary/aromatic N) is 2. The largest absolute Gasteiger partial charge is 0.308 e. The van der Waals surface area contributed by atoms with Crippen LogP contribution in [0.2, 0.25) is 0 Å². The Morgan fingerprint density at radius 3 is 2.54 bits per heavy atom. The third-order valence-corrected chi connectivity index (χ3v) is 1.85. The van der Waals surface area contributed by atoms with Crippen molar-refractivity contribution in [2.24, 2.45) is 7.05 Å². The average Bonchev–Trinajstić information content (AvgIpc) is 2.33. The average molecular weight is 182 g/mol. The molecule has 0 saturated heterocycles. The Kier molecular flexibility index (Phi) is 3.09. The number of aromatic nitrogens is 2. The van der Waals surface area contributed by atoms with E-state index >= 15 is 0 Å². The fourth-order valence-corrected chi connectivity index (χ4v) is 1.19. The summed E-state index contributed by atoms with van der Waals surface area (Å²) in [6.07, 6.45) is 6.23. The molecule has 0 unspecified atom stereocenters. The highest BCUT2D eigenvalue weighted by Gasteiger charge is 2.08. The van der Waals surface area contributed by atoms with Gasteiger partial charge in [-0.2, -0.15) is 0 Å².